The van der Waals surface area contributed by atoms with Crippen molar-refractivity contribution in [3.63, 3.8) is 0 Å². The first-order chi connectivity index (χ1) is 6.60. The topological polar surface area (TPSA) is 43.1 Å². The molecule has 0 radical (unpaired) electrons. The summed E-state index contributed by atoms with van der Waals surface area (Å²) in [6.07, 6.45) is 0.266. The van der Waals surface area contributed by atoms with Crippen LogP contribution >= 0.6 is 11.6 Å². The molecule has 0 unspecified atom stereocenters. The van der Waals surface area contributed by atoms with E-state index in [-0.39, 0.29) is 29.3 Å². The highest BCUT2D eigenvalue weighted by atomic mass is 35.5. The van der Waals surface area contributed by atoms with Crippen LogP contribution in [0.1, 0.15) is 29.3 Å². The second kappa shape index (κ2) is 4.53. The summed E-state index contributed by atoms with van der Waals surface area (Å²) in [6, 6.07) is 2.55. The number of halogens is 2. The van der Waals surface area contributed by atoms with Gasteiger partial charge in [0.25, 0.3) is 0 Å². The predicted molar refractivity (Wildman–Crippen MR) is 53.9 cm³/mol. The number of carbonyl (C=O) groups is 1. The van der Waals surface area contributed by atoms with E-state index in [0.717, 1.165) is 6.07 Å². The van der Waals surface area contributed by atoms with Gasteiger partial charge in [0.2, 0.25) is 0 Å². The maximum Gasteiger partial charge on any atom is 0.165 e. The molecule has 0 aliphatic rings. The number of carbonyl (C=O) groups excluding carboxylic acids is 1. The van der Waals surface area contributed by atoms with Crippen molar-refractivity contribution in [3.05, 3.63) is 34.1 Å². The van der Waals surface area contributed by atoms with E-state index in [2.05, 4.69) is 0 Å². The number of nitrogens with two attached hydrogens (primary N) is 1. The monoisotopic (exact) mass is 215 g/mol. The second-order valence-electron chi connectivity index (χ2n) is 2.90. The van der Waals surface area contributed by atoms with Crippen LogP contribution in [0.15, 0.2) is 12.1 Å². The average molecular weight is 216 g/mol. The van der Waals surface area contributed by atoms with Gasteiger partial charge in [-0.3, -0.25) is 4.79 Å². The Bertz CT molecular complexity index is 365. The van der Waals surface area contributed by atoms with Crippen LogP contribution in [0.4, 0.5) is 4.39 Å². The standard InChI is InChI=1S/C10H11ClFNO/c1-2-10(14)7-3-6(5-13)8(11)4-9(7)12/h3-4H,2,5,13H2,1H3. The van der Waals surface area contributed by atoms with E-state index in [9.17, 15) is 9.18 Å². The summed E-state index contributed by atoms with van der Waals surface area (Å²) < 4.78 is 13.3. The molecule has 0 bridgehead atoms. The number of hydrogen-bond acceptors (Lipinski definition) is 2. The number of rotatable bonds is 3. The zero-order valence-electron chi connectivity index (χ0n) is 7.81. The molecule has 0 heterocycles. The molecule has 0 atom stereocenters. The lowest BCUT2D eigenvalue weighted by molar-refractivity contribution is 0.0984. The highest BCUT2D eigenvalue weighted by Crippen LogP contribution is 2.21. The van der Waals surface area contributed by atoms with E-state index in [1.165, 1.54) is 6.07 Å². The van der Waals surface area contributed by atoms with E-state index in [4.69, 9.17) is 17.3 Å². The van der Waals surface area contributed by atoms with Crippen LogP contribution in [-0.2, 0) is 6.54 Å². The lowest BCUT2D eigenvalue weighted by atomic mass is 10.0. The molecular formula is C10H11ClFNO. The Labute approximate surface area is 86.9 Å². The fourth-order valence-corrected chi connectivity index (χ4v) is 1.38. The molecule has 0 amide bonds. The third-order valence-corrected chi connectivity index (χ3v) is 2.33. The van der Waals surface area contributed by atoms with E-state index >= 15 is 0 Å². The van der Waals surface area contributed by atoms with E-state index in [0.29, 0.717) is 5.56 Å². The number of Topliss-reactive ketones (excluding diaryl/α,β-unsaturated/α-hetero) is 1. The second-order valence-corrected chi connectivity index (χ2v) is 3.31. The first-order valence-electron chi connectivity index (χ1n) is 4.31. The van der Waals surface area contributed by atoms with Gasteiger partial charge in [-0.1, -0.05) is 18.5 Å². The summed E-state index contributed by atoms with van der Waals surface area (Å²) in [5.41, 5.74) is 6.05. The third kappa shape index (κ3) is 2.11. The van der Waals surface area contributed by atoms with E-state index in [1.54, 1.807) is 6.92 Å². The van der Waals surface area contributed by atoms with Gasteiger partial charge in [0.05, 0.1) is 5.56 Å². The number of hydrogen-bond donors (Lipinski definition) is 1. The molecule has 14 heavy (non-hydrogen) atoms. The van der Waals surface area contributed by atoms with Crippen molar-refractivity contribution in [2.24, 2.45) is 5.73 Å². The molecule has 1 aromatic carbocycles. The Balaban J connectivity index is 3.24. The Morgan fingerprint density at radius 2 is 2.21 bits per heavy atom. The van der Waals surface area contributed by atoms with Crippen LogP contribution in [0.5, 0.6) is 0 Å². The molecule has 2 N–H and O–H groups in total. The molecule has 0 aliphatic heterocycles. The van der Waals surface area contributed by atoms with Gasteiger partial charge < -0.3 is 5.73 Å². The summed E-state index contributed by atoms with van der Waals surface area (Å²) >= 11 is 5.72. The first kappa shape index (κ1) is 11.1. The fraction of sp³-hybridized carbons (Fsp3) is 0.300. The smallest absolute Gasteiger partial charge is 0.165 e. The highest BCUT2D eigenvalue weighted by Gasteiger charge is 2.12. The molecule has 0 fully saturated rings. The lowest BCUT2D eigenvalue weighted by Crippen LogP contribution is -2.05. The molecular weight excluding hydrogens is 205 g/mol. The first-order valence-corrected chi connectivity index (χ1v) is 4.69. The van der Waals surface area contributed by atoms with Crippen LogP contribution in [0, 0.1) is 5.82 Å². The molecule has 76 valence electrons. The van der Waals surface area contributed by atoms with Crippen molar-refractivity contribution in [1.82, 2.24) is 0 Å². The van der Waals surface area contributed by atoms with Crippen molar-refractivity contribution < 1.29 is 9.18 Å². The van der Waals surface area contributed by atoms with Crippen LogP contribution in [0.25, 0.3) is 0 Å². The van der Waals surface area contributed by atoms with Crippen molar-refractivity contribution in [3.8, 4) is 0 Å². The van der Waals surface area contributed by atoms with Crippen molar-refractivity contribution in [2.75, 3.05) is 0 Å². The maximum atomic E-state index is 13.3. The van der Waals surface area contributed by atoms with Gasteiger partial charge in [-0.15, -0.1) is 0 Å². The van der Waals surface area contributed by atoms with Crippen LogP contribution < -0.4 is 5.73 Å². The summed E-state index contributed by atoms with van der Waals surface area (Å²) in [7, 11) is 0. The van der Waals surface area contributed by atoms with Gasteiger partial charge in [-0.2, -0.15) is 0 Å². The minimum absolute atomic E-state index is 0.0670. The normalized spacial score (nSPS) is 10.3. The summed E-state index contributed by atoms with van der Waals surface area (Å²) in [5, 5.41) is 0.262. The Hall–Kier alpha value is -0.930. The van der Waals surface area contributed by atoms with Crippen LogP contribution in [0.3, 0.4) is 0 Å². The summed E-state index contributed by atoms with van der Waals surface area (Å²) in [4.78, 5) is 11.3. The van der Waals surface area contributed by atoms with Crippen LogP contribution in [0.2, 0.25) is 5.02 Å². The quantitative estimate of drug-likeness (QED) is 0.788. The third-order valence-electron chi connectivity index (χ3n) is 1.98. The number of benzene rings is 1. The molecule has 0 saturated carbocycles. The molecule has 0 aliphatic carbocycles. The molecule has 4 heteroatoms. The van der Waals surface area contributed by atoms with Crippen molar-refractivity contribution >= 4 is 17.4 Å². The molecule has 2 nitrogen and oxygen atoms in total. The van der Waals surface area contributed by atoms with Gasteiger partial charge in [0, 0.05) is 18.0 Å². The van der Waals surface area contributed by atoms with Crippen LogP contribution in [-0.4, -0.2) is 5.78 Å². The van der Waals surface area contributed by atoms with Crippen molar-refractivity contribution in [1.29, 1.82) is 0 Å². The minimum Gasteiger partial charge on any atom is -0.326 e. The SMILES string of the molecule is CCC(=O)c1cc(CN)c(Cl)cc1F. The fourth-order valence-electron chi connectivity index (χ4n) is 1.15. The Morgan fingerprint density at radius 1 is 1.57 bits per heavy atom. The summed E-state index contributed by atoms with van der Waals surface area (Å²) in [5.74, 6) is -0.826. The van der Waals surface area contributed by atoms with Gasteiger partial charge in [0.15, 0.2) is 5.78 Å². The number of ketones is 1. The summed E-state index contributed by atoms with van der Waals surface area (Å²) in [6.45, 7) is 1.88. The predicted octanol–water partition coefficient (Wildman–Crippen LogP) is 2.53. The largest absolute Gasteiger partial charge is 0.326 e. The highest BCUT2D eigenvalue weighted by molar-refractivity contribution is 6.31. The Morgan fingerprint density at radius 3 is 2.71 bits per heavy atom. The zero-order chi connectivity index (χ0) is 10.7. The van der Waals surface area contributed by atoms with Gasteiger partial charge in [-0.05, 0) is 17.7 Å². The van der Waals surface area contributed by atoms with E-state index < -0.39 is 5.82 Å². The van der Waals surface area contributed by atoms with Gasteiger partial charge in [-0.25, -0.2) is 4.39 Å². The minimum atomic E-state index is -0.584. The van der Waals surface area contributed by atoms with Gasteiger partial charge in [0.1, 0.15) is 5.82 Å². The molecule has 0 spiro atoms. The lowest BCUT2D eigenvalue weighted by Gasteiger charge is -2.05. The zero-order valence-corrected chi connectivity index (χ0v) is 8.57. The van der Waals surface area contributed by atoms with Crippen molar-refractivity contribution in [2.45, 2.75) is 19.9 Å². The maximum absolute atomic E-state index is 13.3. The van der Waals surface area contributed by atoms with E-state index in [1.807, 2.05) is 0 Å². The molecule has 1 aromatic rings. The Kier molecular flexibility index (Phi) is 3.61. The molecule has 0 aromatic heterocycles. The molecule has 1 rings (SSSR count). The van der Waals surface area contributed by atoms with Gasteiger partial charge >= 0.3 is 0 Å². The molecule has 0 saturated heterocycles. The average Bonchev–Trinajstić information content (AvgIpc) is 2.17.